The molecule has 1 aromatic carbocycles. The van der Waals surface area contributed by atoms with Crippen molar-refractivity contribution in [2.45, 2.75) is 38.5 Å². The summed E-state index contributed by atoms with van der Waals surface area (Å²) in [5.74, 6) is 8.75. The van der Waals surface area contributed by atoms with E-state index in [1.54, 1.807) is 0 Å². The lowest BCUT2D eigenvalue weighted by Gasteiger charge is -2.15. The zero-order valence-electron chi connectivity index (χ0n) is 12.4. The number of nitrogens with zero attached hydrogens (tertiary/aromatic N) is 2. The highest BCUT2D eigenvalue weighted by molar-refractivity contribution is 5.63. The molecule has 1 saturated carbocycles. The minimum absolute atomic E-state index is 0.450. The summed E-state index contributed by atoms with van der Waals surface area (Å²) in [6.45, 7) is 4.37. The Morgan fingerprint density at radius 3 is 2.52 bits per heavy atom. The molecule has 0 atom stereocenters. The van der Waals surface area contributed by atoms with Gasteiger partial charge in [-0.25, -0.2) is 15.8 Å². The van der Waals surface area contributed by atoms with Crippen LogP contribution in [-0.2, 0) is 0 Å². The molecule has 1 heterocycles. The fraction of sp³-hybridized carbons (Fsp3) is 0.375. The van der Waals surface area contributed by atoms with Crippen LogP contribution in [0.1, 0.15) is 49.9 Å². The van der Waals surface area contributed by atoms with Crippen LogP contribution in [0.2, 0.25) is 0 Å². The number of para-hydroxylation sites is 1. The predicted molar refractivity (Wildman–Crippen MR) is 85.6 cm³/mol. The van der Waals surface area contributed by atoms with Crippen molar-refractivity contribution in [3.63, 3.8) is 0 Å². The quantitative estimate of drug-likeness (QED) is 0.578. The Kier molecular flexibility index (Phi) is 3.75. The van der Waals surface area contributed by atoms with E-state index in [0.717, 1.165) is 30.2 Å². The standard InChI is InChI=1S/C16H21N5/c1-10(2)12-5-3-4-6-13(12)18-14-9-15(21-17)20-16(19-14)11-7-8-11/h3-6,9-11H,7-8,17H2,1-2H3,(H2,18,19,20,21). The maximum Gasteiger partial charge on any atom is 0.145 e. The summed E-state index contributed by atoms with van der Waals surface area (Å²) in [5, 5.41) is 3.40. The third-order valence-corrected chi connectivity index (χ3v) is 3.68. The van der Waals surface area contributed by atoms with Gasteiger partial charge < -0.3 is 10.7 Å². The highest BCUT2D eigenvalue weighted by Crippen LogP contribution is 2.39. The van der Waals surface area contributed by atoms with E-state index < -0.39 is 0 Å². The van der Waals surface area contributed by atoms with E-state index in [2.05, 4.69) is 52.8 Å². The maximum absolute atomic E-state index is 5.51. The lowest BCUT2D eigenvalue weighted by Crippen LogP contribution is -2.11. The molecule has 110 valence electrons. The van der Waals surface area contributed by atoms with Gasteiger partial charge in [-0.1, -0.05) is 32.0 Å². The molecule has 21 heavy (non-hydrogen) atoms. The van der Waals surface area contributed by atoms with Gasteiger partial charge in [0, 0.05) is 17.7 Å². The minimum atomic E-state index is 0.450. The van der Waals surface area contributed by atoms with Crippen LogP contribution >= 0.6 is 0 Å². The van der Waals surface area contributed by atoms with Crippen molar-refractivity contribution < 1.29 is 0 Å². The normalized spacial score (nSPS) is 14.3. The molecule has 0 bridgehead atoms. The Hall–Kier alpha value is -2.14. The van der Waals surface area contributed by atoms with E-state index in [4.69, 9.17) is 5.84 Å². The molecule has 0 saturated heterocycles. The Balaban J connectivity index is 1.92. The molecule has 1 aromatic heterocycles. The Morgan fingerprint density at radius 1 is 1.14 bits per heavy atom. The van der Waals surface area contributed by atoms with E-state index in [1.807, 2.05) is 12.1 Å². The molecule has 1 aliphatic rings. The highest BCUT2D eigenvalue weighted by atomic mass is 15.3. The van der Waals surface area contributed by atoms with Crippen LogP contribution in [0.3, 0.4) is 0 Å². The van der Waals surface area contributed by atoms with Crippen LogP contribution in [0.25, 0.3) is 0 Å². The van der Waals surface area contributed by atoms with Crippen molar-refractivity contribution in [2.75, 3.05) is 10.7 Å². The monoisotopic (exact) mass is 283 g/mol. The number of rotatable bonds is 5. The number of aromatic nitrogens is 2. The molecule has 0 amide bonds. The highest BCUT2D eigenvalue weighted by Gasteiger charge is 2.27. The second kappa shape index (κ2) is 5.69. The third-order valence-electron chi connectivity index (χ3n) is 3.68. The van der Waals surface area contributed by atoms with Gasteiger partial charge in [0.1, 0.15) is 17.5 Å². The second-order valence-corrected chi connectivity index (χ2v) is 5.78. The van der Waals surface area contributed by atoms with Gasteiger partial charge in [0.15, 0.2) is 0 Å². The zero-order chi connectivity index (χ0) is 14.8. The summed E-state index contributed by atoms with van der Waals surface area (Å²) < 4.78 is 0. The van der Waals surface area contributed by atoms with E-state index in [0.29, 0.717) is 17.7 Å². The lowest BCUT2D eigenvalue weighted by molar-refractivity contribution is 0.868. The van der Waals surface area contributed by atoms with Gasteiger partial charge in [0.25, 0.3) is 0 Å². The number of nitrogen functional groups attached to an aromatic ring is 1. The average molecular weight is 283 g/mol. The van der Waals surface area contributed by atoms with Crippen LogP contribution in [0.15, 0.2) is 30.3 Å². The molecule has 5 nitrogen and oxygen atoms in total. The number of nitrogens with one attached hydrogen (secondary N) is 2. The number of hydrazine groups is 1. The second-order valence-electron chi connectivity index (χ2n) is 5.78. The fourth-order valence-electron chi connectivity index (χ4n) is 2.38. The molecule has 0 unspecified atom stereocenters. The van der Waals surface area contributed by atoms with Crippen molar-refractivity contribution in [3.8, 4) is 0 Å². The van der Waals surface area contributed by atoms with Gasteiger partial charge in [-0.15, -0.1) is 0 Å². The average Bonchev–Trinajstić information content (AvgIpc) is 3.32. The van der Waals surface area contributed by atoms with Crippen LogP contribution in [0.5, 0.6) is 0 Å². The first kappa shape index (κ1) is 13.8. The molecule has 0 aliphatic heterocycles. The largest absolute Gasteiger partial charge is 0.340 e. The van der Waals surface area contributed by atoms with Gasteiger partial charge in [-0.3, -0.25) is 0 Å². The fourth-order valence-corrected chi connectivity index (χ4v) is 2.38. The molecular weight excluding hydrogens is 262 g/mol. The number of nitrogens with two attached hydrogens (primary N) is 1. The molecule has 5 heteroatoms. The summed E-state index contributed by atoms with van der Waals surface area (Å²) in [6.07, 6.45) is 2.33. The molecule has 3 rings (SSSR count). The molecule has 2 aromatic rings. The van der Waals surface area contributed by atoms with E-state index in [-0.39, 0.29) is 0 Å². The summed E-state index contributed by atoms with van der Waals surface area (Å²) in [6, 6.07) is 10.1. The smallest absolute Gasteiger partial charge is 0.145 e. The van der Waals surface area contributed by atoms with Gasteiger partial charge in [0.05, 0.1) is 0 Å². The topological polar surface area (TPSA) is 75.9 Å². The van der Waals surface area contributed by atoms with E-state index >= 15 is 0 Å². The summed E-state index contributed by atoms with van der Waals surface area (Å²) >= 11 is 0. The number of hydrogen-bond acceptors (Lipinski definition) is 5. The van der Waals surface area contributed by atoms with Gasteiger partial charge in [-0.2, -0.15) is 0 Å². The van der Waals surface area contributed by atoms with Crippen molar-refractivity contribution in [1.82, 2.24) is 9.97 Å². The first-order valence-electron chi connectivity index (χ1n) is 7.39. The Bertz CT molecular complexity index is 634. The first-order valence-corrected chi connectivity index (χ1v) is 7.39. The predicted octanol–water partition coefficient (Wildman–Crippen LogP) is 3.51. The van der Waals surface area contributed by atoms with Gasteiger partial charge in [0.2, 0.25) is 0 Å². The van der Waals surface area contributed by atoms with E-state index in [1.165, 1.54) is 5.56 Å². The van der Waals surface area contributed by atoms with Gasteiger partial charge >= 0.3 is 0 Å². The summed E-state index contributed by atoms with van der Waals surface area (Å²) in [4.78, 5) is 9.05. The van der Waals surface area contributed by atoms with Crippen LogP contribution in [0, 0.1) is 0 Å². The number of anilines is 3. The van der Waals surface area contributed by atoms with Crippen molar-refractivity contribution in [1.29, 1.82) is 0 Å². The first-order chi connectivity index (χ1) is 10.2. The van der Waals surface area contributed by atoms with E-state index in [9.17, 15) is 0 Å². The van der Waals surface area contributed by atoms with Crippen molar-refractivity contribution in [2.24, 2.45) is 5.84 Å². The van der Waals surface area contributed by atoms with Crippen molar-refractivity contribution in [3.05, 3.63) is 41.7 Å². The number of hydrogen-bond donors (Lipinski definition) is 3. The minimum Gasteiger partial charge on any atom is -0.340 e. The van der Waals surface area contributed by atoms with Gasteiger partial charge in [-0.05, 0) is 30.4 Å². The lowest BCUT2D eigenvalue weighted by atomic mass is 10.0. The Labute approximate surface area is 125 Å². The zero-order valence-corrected chi connectivity index (χ0v) is 12.4. The third kappa shape index (κ3) is 3.13. The SMILES string of the molecule is CC(C)c1ccccc1Nc1cc(NN)nc(C2CC2)n1. The summed E-state index contributed by atoms with van der Waals surface area (Å²) in [5.41, 5.74) is 4.97. The molecule has 0 spiro atoms. The van der Waals surface area contributed by atoms with Crippen molar-refractivity contribution >= 4 is 17.3 Å². The molecule has 1 fully saturated rings. The summed E-state index contributed by atoms with van der Waals surface area (Å²) in [7, 11) is 0. The van der Waals surface area contributed by atoms with Crippen LogP contribution in [0.4, 0.5) is 17.3 Å². The Morgan fingerprint density at radius 2 is 1.86 bits per heavy atom. The maximum atomic E-state index is 5.51. The number of benzene rings is 1. The molecular formula is C16H21N5. The molecule has 0 radical (unpaired) electrons. The molecule has 1 aliphatic carbocycles. The van der Waals surface area contributed by atoms with Crippen LogP contribution < -0.4 is 16.6 Å². The van der Waals surface area contributed by atoms with Crippen LogP contribution in [-0.4, -0.2) is 9.97 Å². The molecule has 4 N–H and O–H groups in total.